The van der Waals surface area contributed by atoms with Crippen LogP contribution in [-0.2, 0) is 17.8 Å². The van der Waals surface area contributed by atoms with Crippen LogP contribution >= 0.6 is 0 Å². The summed E-state index contributed by atoms with van der Waals surface area (Å²) in [6, 6.07) is 15.5. The van der Waals surface area contributed by atoms with Gasteiger partial charge >= 0.3 is 0 Å². The zero-order valence-corrected chi connectivity index (χ0v) is 16.1. The summed E-state index contributed by atoms with van der Waals surface area (Å²) >= 11 is 0. The van der Waals surface area contributed by atoms with Gasteiger partial charge in [-0.25, -0.2) is 0 Å². The molecule has 0 radical (unpaired) electrons. The summed E-state index contributed by atoms with van der Waals surface area (Å²) in [6.07, 6.45) is 2.21. The Morgan fingerprint density at radius 2 is 1.89 bits per heavy atom. The van der Waals surface area contributed by atoms with Crippen LogP contribution in [0, 0.1) is 0 Å². The maximum absolute atomic E-state index is 12.7. The summed E-state index contributed by atoms with van der Waals surface area (Å²) in [5.74, 6) is 0.477. The third-order valence-corrected chi connectivity index (χ3v) is 4.62. The number of nitrogens with zero attached hydrogens (tertiary/aromatic N) is 1. The highest BCUT2D eigenvalue weighted by Gasteiger charge is 2.18. The van der Waals surface area contributed by atoms with E-state index in [0.717, 1.165) is 31.6 Å². The fraction of sp³-hybridized carbons (Fsp3) is 0.409. The predicted octanol–water partition coefficient (Wildman–Crippen LogP) is 3.24. The molecule has 1 unspecified atom stereocenters. The lowest BCUT2D eigenvalue weighted by Crippen LogP contribution is -2.25. The lowest BCUT2D eigenvalue weighted by Gasteiger charge is -2.16. The molecule has 1 fully saturated rings. The van der Waals surface area contributed by atoms with Crippen molar-refractivity contribution in [2.75, 3.05) is 27.3 Å². The molecule has 3 rings (SSSR count). The van der Waals surface area contributed by atoms with Crippen LogP contribution in [0.5, 0.6) is 5.75 Å². The van der Waals surface area contributed by atoms with Crippen molar-refractivity contribution in [2.24, 2.45) is 0 Å². The van der Waals surface area contributed by atoms with Crippen molar-refractivity contribution in [3.05, 3.63) is 65.2 Å². The number of ether oxygens (including phenoxy) is 2. The van der Waals surface area contributed by atoms with Crippen LogP contribution in [0.25, 0.3) is 0 Å². The van der Waals surface area contributed by atoms with Crippen LogP contribution in [0.15, 0.2) is 48.5 Å². The average molecular weight is 368 g/mol. The van der Waals surface area contributed by atoms with Crippen molar-refractivity contribution in [3.8, 4) is 5.75 Å². The summed E-state index contributed by atoms with van der Waals surface area (Å²) in [5, 5.41) is 3.03. The molecule has 2 aromatic rings. The molecule has 0 spiro atoms. The topological polar surface area (TPSA) is 50.8 Å². The number of hydrogen-bond acceptors (Lipinski definition) is 4. The minimum atomic E-state index is -0.127. The summed E-state index contributed by atoms with van der Waals surface area (Å²) in [7, 11) is 4.08. The fourth-order valence-electron chi connectivity index (χ4n) is 3.23. The first kappa shape index (κ1) is 19.4. The fourth-order valence-corrected chi connectivity index (χ4v) is 3.23. The highest BCUT2D eigenvalue weighted by Crippen LogP contribution is 2.21. The quantitative estimate of drug-likeness (QED) is 0.777. The Morgan fingerprint density at radius 3 is 2.63 bits per heavy atom. The number of amides is 1. The minimum absolute atomic E-state index is 0.124. The zero-order valence-electron chi connectivity index (χ0n) is 16.1. The van der Waals surface area contributed by atoms with Gasteiger partial charge in [0.2, 0.25) is 0 Å². The van der Waals surface area contributed by atoms with Crippen molar-refractivity contribution in [3.63, 3.8) is 0 Å². The predicted molar refractivity (Wildman–Crippen MR) is 106 cm³/mol. The normalized spacial score (nSPS) is 16.5. The van der Waals surface area contributed by atoms with Crippen molar-refractivity contribution in [2.45, 2.75) is 32.0 Å². The zero-order chi connectivity index (χ0) is 19.1. The Labute approximate surface area is 161 Å². The second kappa shape index (κ2) is 9.53. The van der Waals surface area contributed by atoms with Gasteiger partial charge in [-0.1, -0.05) is 36.4 Å². The van der Waals surface area contributed by atoms with E-state index in [1.807, 2.05) is 44.4 Å². The van der Waals surface area contributed by atoms with Gasteiger partial charge in [0.1, 0.15) is 12.4 Å². The Morgan fingerprint density at radius 1 is 1.15 bits per heavy atom. The van der Waals surface area contributed by atoms with Crippen LogP contribution in [-0.4, -0.2) is 44.2 Å². The van der Waals surface area contributed by atoms with Gasteiger partial charge in [-0.3, -0.25) is 4.79 Å². The Bertz CT molecular complexity index is 755. The molecule has 0 bridgehead atoms. The summed E-state index contributed by atoms with van der Waals surface area (Å²) < 4.78 is 11.5. The van der Waals surface area contributed by atoms with E-state index in [-0.39, 0.29) is 12.0 Å². The molecule has 1 amide bonds. The van der Waals surface area contributed by atoms with Crippen LogP contribution in [0.1, 0.15) is 34.3 Å². The smallest absolute Gasteiger partial charge is 0.255 e. The molecule has 144 valence electrons. The van der Waals surface area contributed by atoms with Crippen molar-refractivity contribution in [1.29, 1.82) is 0 Å². The number of rotatable bonds is 8. The van der Waals surface area contributed by atoms with Gasteiger partial charge in [0.15, 0.2) is 0 Å². The van der Waals surface area contributed by atoms with E-state index in [4.69, 9.17) is 9.47 Å². The van der Waals surface area contributed by atoms with E-state index in [2.05, 4.69) is 22.3 Å². The standard InChI is InChI=1S/C22H28N2O3/c1-24(2)15-18-9-4-3-8-17(18)14-23-22(25)20-11-5-6-12-21(20)27-16-19-10-7-13-26-19/h3-6,8-9,11-12,19H,7,10,13-16H2,1-2H3,(H,23,25). The number of para-hydroxylation sites is 1. The van der Waals surface area contributed by atoms with Crippen molar-refractivity contribution < 1.29 is 14.3 Å². The first-order valence-electron chi connectivity index (χ1n) is 9.46. The Kier molecular flexibility index (Phi) is 6.85. The average Bonchev–Trinajstić information content (AvgIpc) is 3.19. The third-order valence-electron chi connectivity index (χ3n) is 4.62. The minimum Gasteiger partial charge on any atom is -0.490 e. The van der Waals surface area contributed by atoms with E-state index >= 15 is 0 Å². The van der Waals surface area contributed by atoms with Crippen molar-refractivity contribution >= 4 is 5.91 Å². The van der Waals surface area contributed by atoms with E-state index in [1.54, 1.807) is 6.07 Å². The highest BCUT2D eigenvalue weighted by atomic mass is 16.5. The summed E-state index contributed by atoms with van der Waals surface area (Å²) in [5.41, 5.74) is 2.89. The molecule has 1 aliphatic heterocycles. The highest BCUT2D eigenvalue weighted by molar-refractivity contribution is 5.96. The van der Waals surface area contributed by atoms with E-state index < -0.39 is 0 Å². The number of carbonyl (C=O) groups is 1. The van der Waals surface area contributed by atoms with Gasteiger partial charge in [0.05, 0.1) is 11.7 Å². The van der Waals surface area contributed by atoms with Gasteiger partial charge in [0, 0.05) is 19.7 Å². The number of hydrogen-bond donors (Lipinski definition) is 1. The molecule has 0 aliphatic carbocycles. The monoisotopic (exact) mass is 368 g/mol. The molecular formula is C22H28N2O3. The molecule has 1 aliphatic rings. The van der Waals surface area contributed by atoms with E-state index in [9.17, 15) is 4.79 Å². The third kappa shape index (κ3) is 5.55. The maximum Gasteiger partial charge on any atom is 0.255 e. The van der Waals surface area contributed by atoms with Gasteiger partial charge in [-0.15, -0.1) is 0 Å². The van der Waals surface area contributed by atoms with E-state index in [0.29, 0.717) is 24.5 Å². The Balaban J connectivity index is 1.63. The summed E-state index contributed by atoms with van der Waals surface area (Å²) in [4.78, 5) is 14.9. The first-order valence-corrected chi connectivity index (χ1v) is 9.46. The molecular weight excluding hydrogens is 340 g/mol. The first-order chi connectivity index (χ1) is 13.1. The molecule has 1 N–H and O–H groups in total. The molecule has 5 nitrogen and oxygen atoms in total. The van der Waals surface area contributed by atoms with Crippen LogP contribution in [0.2, 0.25) is 0 Å². The molecule has 1 saturated heterocycles. The van der Waals surface area contributed by atoms with Gasteiger partial charge < -0.3 is 19.7 Å². The Hall–Kier alpha value is -2.37. The largest absolute Gasteiger partial charge is 0.490 e. The lowest BCUT2D eigenvalue weighted by molar-refractivity contribution is 0.0670. The molecule has 0 aromatic heterocycles. The molecule has 1 heterocycles. The van der Waals surface area contributed by atoms with Gasteiger partial charge in [0.25, 0.3) is 5.91 Å². The molecule has 1 atom stereocenters. The van der Waals surface area contributed by atoms with Crippen LogP contribution in [0.3, 0.4) is 0 Å². The maximum atomic E-state index is 12.7. The molecule has 27 heavy (non-hydrogen) atoms. The lowest BCUT2D eigenvalue weighted by atomic mass is 10.1. The van der Waals surface area contributed by atoms with Gasteiger partial charge in [-0.05, 0) is 50.2 Å². The summed E-state index contributed by atoms with van der Waals surface area (Å²) in [6.45, 7) is 2.61. The molecule has 5 heteroatoms. The number of benzene rings is 2. The number of carbonyl (C=O) groups excluding carboxylic acids is 1. The second-order valence-corrected chi connectivity index (χ2v) is 7.13. The van der Waals surface area contributed by atoms with Gasteiger partial charge in [-0.2, -0.15) is 0 Å². The second-order valence-electron chi connectivity index (χ2n) is 7.13. The molecule has 0 saturated carbocycles. The van der Waals surface area contributed by atoms with Crippen molar-refractivity contribution in [1.82, 2.24) is 10.2 Å². The van der Waals surface area contributed by atoms with E-state index in [1.165, 1.54) is 5.56 Å². The molecule has 2 aromatic carbocycles. The van der Waals surface area contributed by atoms with Crippen LogP contribution < -0.4 is 10.1 Å². The SMILES string of the molecule is CN(C)Cc1ccccc1CNC(=O)c1ccccc1OCC1CCCO1. The number of nitrogens with one attached hydrogen (secondary N) is 1. The van der Waals surface area contributed by atoms with Crippen LogP contribution in [0.4, 0.5) is 0 Å².